The predicted molar refractivity (Wildman–Crippen MR) is 116 cm³/mol. The quantitative estimate of drug-likeness (QED) is 0.381. The van der Waals surface area contributed by atoms with Crippen molar-refractivity contribution in [3.63, 3.8) is 0 Å². The van der Waals surface area contributed by atoms with Gasteiger partial charge in [-0.25, -0.2) is 4.79 Å². The number of hydrogen-bond donors (Lipinski definition) is 2. The molecule has 0 atom stereocenters. The average Bonchev–Trinajstić information content (AvgIpc) is 3.30. The number of primary amides is 1. The van der Waals surface area contributed by atoms with E-state index in [0.29, 0.717) is 5.16 Å². The smallest absolute Gasteiger partial charge is 0.342 e. The average molecular weight is 459 g/mol. The topological polar surface area (TPSA) is 155 Å². The summed E-state index contributed by atoms with van der Waals surface area (Å²) in [5.41, 5.74) is 7.94. The van der Waals surface area contributed by atoms with Gasteiger partial charge in [-0.3, -0.25) is 14.9 Å². The first-order valence-electron chi connectivity index (χ1n) is 9.61. The van der Waals surface area contributed by atoms with Crippen LogP contribution in [0.15, 0.2) is 27.8 Å². The number of nitrogens with two attached hydrogens (primary N) is 1. The normalized spacial score (nSPS) is 10.8. The Morgan fingerprint density at radius 3 is 2.62 bits per heavy atom. The van der Waals surface area contributed by atoms with Crippen molar-refractivity contribution in [1.29, 1.82) is 0 Å². The lowest BCUT2D eigenvalue weighted by molar-refractivity contribution is -0.113. The highest BCUT2D eigenvalue weighted by Gasteiger charge is 2.29. The lowest BCUT2D eigenvalue weighted by atomic mass is 10.1. The van der Waals surface area contributed by atoms with Crippen molar-refractivity contribution in [3.8, 4) is 5.69 Å². The first-order valence-corrected chi connectivity index (χ1v) is 10.6. The standard InChI is InChI=1S/C20H22N6O5S/c1-5-30-19(29)15-12(4)31-18(16(15)17(21)28)22-14(27)9-32-20-23-24-25-26(20)13-7-6-10(2)8-11(13)3/h6-8H,5,9H2,1-4H3,(H2,21,28)(H,22,27). The van der Waals surface area contributed by atoms with Gasteiger partial charge in [0.2, 0.25) is 16.9 Å². The number of hydrogen-bond acceptors (Lipinski definition) is 9. The Bertz CT molecular complexity index is 1190. The number of furan rings is 1. The highest BCUT2D eigenvalue weighted by molar-refractivity contribution is 7.99. The molecule has 1 aromatic carbocycles. The van der Waals surface area contributed by atoms with Gasteiger partial charge in [0.05, 0.1) is 18.0 Å². The van der Waals surface area contributed by atoms with Crippen LogP contribution in [0.3, 0.4) is 0 Å². The van der Waals surface area contributed by atoms with E-state index in [1.165, 1.54) is 11.6 Å². The third kappa shape index (κ3) is 4.80. The number of amides is 2. The number of ether oxygens (including phenoxy) is 1. The monoisotopic (exact) mass is 458 g/mol. The highest BCUT2D eigenvalue weighted by Crippen LogP contribution is 2.28. The van der Waals surface area contributed by atoms with E-state index < -0.39 is 17.8 Å². The third-order valence-corrected chi connectivity index (χ3v) is 5.34. The molecule has 11 nitrogen and oxygen atoms in total. The van der Waals surface area contributed by atoms with Crippen LogP contribution in [0.1, 0.15) is 44.5 Å². The van der Waals surface area contributed by atoms with Crippen LogP contribution in [0.2, 0.25) is 0 Å². The van der Waals surface area contributed by atoms with E-state index in [2.05, 4.69) is 20.8 Å². The van der Waals surface area contributed by atoms with E-state index in [-0.39, 0.29) is 35.1 Å². The fourth-order valence-corrected chi connectivity index (χ4v) is 3.76. The van der Waals surface area contributed by atoms with Gasteiger partial charge >= 0.3 is 5.97 Å². The maximum absolute atomic E-state index is 12.5. The first kappa shape index (κ1) is 23.0. The van der Waals surface area contributed by atoms with Gasteiger partial charge in [0.15, 0.2) is 0 Å². The fraction of sp³-hybridized carbons (Fsp3) is 0.300. The molecule has 3 rings (SSSR count). The summed E-state index contributed by atoms with van der Waals surface area (Å²) < 4.78 is 11.9. The summed E-state index contributed by atoms with van der Waals surface area (Å²) in [4.78, 5) is 36.6. The molecule has 2 amide bonds. The van der Waals surface area contributed by atoms with Crippen molar-refractivity contribution in [2.75, 3.05) is 17.7 Å². The summed E-state index contributed by atoms with van der Waals surface area (Å²) in [6, 6.07) is 5.84. The molecular weight excluding hydrogens is 436 g/mol. The van der Waals surface area contributed by atoms with Crippen LogP contribution < -0.4 is 11.1 Å². The highest BCUT2D eigenvalue weighted by atomic mass is 32.2. The van der Waals surface area contributed by atoms with Crippen molar-refractivity contribution in [2.45, 2.75) is 32.9 Å². The van der Waals surface area contributed by atoms with Gasteiger partial charge in [-0.2, -0.15) is 4.68 Å². The van der Waals surface area contributed by atoms with Crippen molar-refractivity contribution >= 4 is 35.4 Å². The zero-order chi connectivity index (χ0) is 23.4. The molecule has 0 radical (unpaired) electrons. The van der Waals surface area contributed by atoms with Crippen molar-refractivity contribution in [1.82, 2.24) is 20.2 Å². The second kappa shape index (κ2) is 9.64. The Kier molecular flexibility index (Phi) is 6.93. The molecule has 0 bridgehead atoms. The number of carbonyl (C=O) groups is 3. The SMILES string of the molecule is CCOC(=O)c1c(C)oc(NC(=O)CSc2nnnn2-c2ccc(C)cc2C)c1C(N)=O. The molecule has 0 saturated heterocycles. The molecule has 0 fully saturated rings. The molecule has 3 N–H and O–H groups in total. The number of anilines is 1. The predicted octanol–water partition coefficient (Wildman–Crippen LogP) is 2.19. The van der Waals surface area contributed by atoms with Crippen LogP contribution in [-0.4, -0.2) is 50.4 Å². The number of aromatic nitrogens is 4. The summed E-state index contributed by atoms with van der Waals surface area (Å²) in [6.07, 6.45) is 0. The summed E-state index contributed by atoms with van der Waals surface area (Å²) in [5.74, 6) is -2.37. The van der Waals surface area contributed by atoms with Gasteiger partial charge in [-0.15, -0.1) is 5.10 Å². The summed E-state index contributed by atoms with van der Waals surface area (Å²) in [7, 11) is 0. The largest absolute Gasteiger partial charge is 0.462 e. The van der Waals surface area contributed by atoms with E-state index in [1.807, 2.05) is 32.0 Å². The van der Waals surface area contributed by atoms with Gasteiger partial charge in [0.1, 0.15) is 16.9 Å². The summed E-state index contributed by atoms with van der Waals surface area (Å²) >= 11 is 1.09. The van der Waals surface area contributed by atoms with E-state index in [1.54, 1.807) is 6.92 Å². The van der Waals surface area contributed by atoms with E-state index in [4.69, 9.17) is 14.9 Å². The zero-order valence-electron chi connectivity index (χ0n) is 18.0. The molecule has 0 aliphatic rings. The Labute approximate surface area is 187 Å². The molecule has 168 valence electrons. The summed E-state index contributed by atoms with van der Waals surface area (Å²) in [5, 5.41) is 14.5. The number of carbonyl (C=O) groups excluding carboxylic acids is 3. The summed E-state index contributed by atoms with van der Waals surface area (Å²) in [6.45, 7) is 7.14. The van der Waals surface area contributed by atoms with Gasteiger partial charge in [-0.1, -0.05) is 29.5 Å². The lowest BCUT2D eigenvalue weighted by Gasteiger charge is -2.08. The number of aryl methyl sites for hydroxylation is 3. The van der Waals surface area contributed by atoms with Crippen LogP contribution in [0.25, 0.3) is 5.69 Å². The molecule has 0 aliphatic heterocycles. The van der Waals surface area contributed by atoms with Crippen molar-refractivity contribution in [3.05, 3.63) is 46.2 Å². The number of tetrazole rings is 1. The number of rotatable bonds is 8. The second-order valence-corrected chi connectivity index (χ2v) is 7.76. The third-order valence-electron chi connectivity index (χ3n) is 4.42. The maximum atomic E-state index is 12.5. The van der Waals surface area contributed by atoms with E-state index in [0.717, 1.165) is 28.6 Å². The second-order valence-electron chi connectivity index (χ2n) is 6.82. The molecular formula is C20H22N6O5S. The molecule has 32 heavy (non-hydrogen) atoms. The number of nitrogens with one attached hydrogen (secondary N) is 1. The van der Waals surface area contributed by atoms with Gasteiger partial charge in [-0.05, 0) is 49.8 Å². The maximum Gasteiger partial charge on any atom is 0.342 e. The Balaban J connectivity index is 1.76. The van der Waals surface area contributed by atoms with Crippen LogP contribution in [-0.2, 0) is 9.53 Å². The minimum absolute atomic E-state index is 0.0853. The molecule has 0 unspecified atom stereocenters. The molecule has 0 spiro atoms. The first-order chi connectivity index (χ1) is 15.2. The van der Waals surface area contributed by atoms with Crippen LogP contribution in [0, 0.1) is 20.8 Å². The van der Waals surface area contributed by atoms with Crippen molar-refractivity contribution < 1.29 is 23.5 Å². The Hall–Kier alpha value is -3.67. The minimum atomic E-state index is -0.924. The molecule has 12 heteroatoms. The number of thioether (sulfide) groups is 1. The van der Waals surface area contributed by atoms with Gasteiger partial charge in [0.25, 0.3) is 5.91 Å². The van der Waals surface area contributed by atoms with Gasteiger partial charge < -0.3 is 14.9 Å². The van der Waals surface area contributed by atoms with Crippen LogP contribution >= 0.6 is 11.8 Å². The molecule has 2 aromatic heterocycles. The number of esters is 1. The fourth-order valence-electron chi connectivity index (χ4n) is 3.07. The van der Waals surface area contributed by atoms with Crippen molar-refractivity contribution in [2.24, 2.45) is 5.73 Å². The molecule has 0 aliphatic carbocycles. The molecule has 0 saturated carbocycles. The lowest BCUT2D eigenvalue weighted by Crippen LogP contribution is -2.21. The Morgan fingerprint density at radius 1 is 1.22 bits per heavy atom. The van der Waals surface area contributed by atoms with E-state index in [9.17, 15) is 14.4 Å². The van der Waals surface area contributed by atoms with Crippen LogP contribution in [0.4, 0.5) is 5.88 Å². The minimum Gasteiger partial charge on any atom is -0.462 e. The Morgan fingerprint density at radius 2 is 1.97 bits per heavy atom. The van der Waals surface area contributed by atoms with E-state index >= 15 is 0 Å². The number of nitrogens with zero attached hydrogens (tertiary/aromatic N) is 4. The van der Waals surface area contributed by atoms with Gasteiger partial charge in [0, 0.05) is 0 Å². The van der Waals surface area contributed by atoms with Crippen LogP contribution in [0.5, 0.6) is 0 Å². The molecule has 2 heterocycles. The number of benzene rings is 1. The zero-order valence-corrected chi connectivity index (χ0v) is 18.8. The molecule has 3 aromatic rings.